The molecule has 0 bridgehead atoms. The van der Waals surface area contributed by atoms with Crippen molar-refractivity contribution >= 4 is 17.2 Å². The summed E-state index contributed by atoms with van der Waals surface area (Å²) in [5, 5.41) is 4.17. The summed E-state index contributed by atoms with van der Waals surface area (Å²) in [7, 11) is 1.75. The summed E-state index contributed by atoms with van der Waals surface area (Å²) in [4.78, 5) is 14.0. The molecular weight excluding hydrogens is 234 g/mol. The zero-order valence-corrected chi connectivity index (χ0v) is 11.0. The van der Waals surface area contributed by atoms with Crippen molar-refractivity contribution < 1.29 is 9.53 Å². The summed E-state index contributed by atoms with van der Waals surface area (Å²) in [6.45, 7) is 1.70. The van der Waals surface area contributed by atoms with Crippen LogP contribution in [-0.2, 0) is 16.0 Å². The van der Waals surface area contributed by atoms with Gasteiger partial charge >= 0.3 is 0 Å². The molecular formula is C13H19NO2S. The van der Waals surface area contributed by atoms with E-state index in [0.29, 0.717) is 12.5 Å². The van der Waals surface area contributed by atoms with Gasteiger partial charge in [-0.25, -0.2) is 0 Å². The minimum Gasteiger partial charge on any atom is -0.381 e. The molecule has 1 saturated heterocycles. The van der Waals surface area contributed by atoms with E-state index in [2.05, 4.69) is 16.8 Å². The fourth-order valence-electron chi connectivity index (χ4n) is 2.19. The Morgan fingerprint density at radius 1 is 1.53 bits per heavy atom. The Balaban J connectivity index is 1.73. The summed E-state index contributed by atoms with van der Waals surface area (Å²) in [5.74, 6) is 0.283. The van der Waals surface area contributed by atoms with Gasteiger partial charge in [-0.1, -0.05) is 0 Å². The quantitative estimate of drug-likeness (QED) is 0.824. The molecule has 1 aliphatic heterocycles. The lowest BCUT2D eigenvalue weighted by Crippen LogP contribution is -2.40. The van der Waals surface area contributed by atoms with Gasteiger partial charge in [0.1, 0.15) is 0 Å². The highest BCUT2D eigenvalue weighted by Gasteiger charge is 2.21. The van der Waals surface area contributed by atoms with Gasteiger partial charge in [-0.2, -0.15) is 11.3 Å². The maximum absolute atomic E-state index is 12.0. The van der Waals surface area contributed by atoms with Gasteiger partial charge in [0.2, 0.25) is 5.91 Å². The largest absolute Gasteiger partial charge is 0.381 e. The van der Waals surface area contributed by atoms with E-state index in [9.17, 15) is 4.79 Å². The van der Waals surface area contributed by atoms with Crippen LogP contribution < -0.4 is 0 Å². The van der Waals surface area contributed by atoms with E-state index >= 15 is 0 Å². The van der Waals surface area contributed by atoms with Gasteiger partial charge in [0, 0.05) is 26.6 Å². The number of piperidine rings is 1. The van der Waals surface area contributed by atoms with Crippen LogP contribution in [-0.4, -0.2) is 37.1 Å². The smallest absolute Gasteiger partial charge is 0.222 e. The van der Waals surface area contributed by atoms with E-state index < -0.39 is 0 Å². The van der Waals surface area contributed by atoms with Gasteiger partial charge in [0.05, 0.1) is 6.10 Å². The number of rotatable bonds is 4. The molecule has 1 aliphatic rings. The first-order valence-corrected chi connectivity index (χ1v) is 7.05. The molecule has 1 amide bonds. The first kappa shape index (κ1) is 12.6. The van der Waals surface area contributed by atoms with E-state index in [4.69, 9.17) is 4.74 Å². The third-order valence-corrected chi connectivity index (χ3v) is 4.07. The van der Waals surface area contributed by atoms with Crippen LogP contribution in [0.1, 0.15) is 24.8 Å². The first-order chi connectivity index (χ1) is 8.29. The number of aryl methyl sites for hydroxylation is 1. The second kappa shape index (κ2) is 6.17. The SMILES string of the molecule is COC1CCN(C(=O)CCc2ccsc2)CC1. The topological polar surface area (TPSA) is 29.5 Å². The lowest BCUT2D eigenvalue weighted by atomic mass is 10.1. The van der Waals surface area contributed by atoms with Crippen LogP contribution in [0.2, 0.25) is 0 Å². The van der Waals surface area contributed by atoms with Gasteiger partial charge in [-0.15, -0.1) is 0 Å². The molecule has 2 rings (SSSR count). The highest BCUT2D eigenvalue weighted by molar-refractivity contribution is 7.07. The Morgan fingerprint density at radius 2 is 2.29 bits per heavy atom. The molecule has 4 heteroatoms. The van der Waals surface area contributed by atoms with Crippen molar-refractivity contribution in [2.24, 2.45) is 0 Å². The number of hydrogen-bond acceptors (Lipinski definition) is 3. The lowest BCUT2D eigenvalue weighted by molar-refractivity contribution is -0.133. The number of hydrogen-bond donors (Lipinski definition) is 0. The standard InChI is InChI=1S/C13H19NO2S/c1-16-12-4-7-14(8-5-12)13(15)3-2-11-6-9-17-10-11/h6,9-10,12H,2-5,7-8H2,1H3. The molecule has 3 nitrogen and oxygen atoms in total. The second-order valence-corrected chi connectivity index (χ2v) is 5.23. The Labute approximate surface area is 106 Å². The number of carbonyl (C=O) groups is 1. The molecule has 94 valence electrons. The predicted molar refractivity (Wildman–Crippen MR) is 69.3 cm³/mol. The zero-order chi connectivity index (χ0) is 12.1. The molecule has 0 N–H and O–H groups in total. The minimum absolute atomic E-state index is 0.283. The van der Waals surface area contributed by atoms with Crippen molar-refractivity contribution in [3.63, 3.8) is 0 Å². The monoisotopic (exact) mass is 253 g/mol. The highest BCUT2D eigenvalue weighted by atomic mass is 32.1. The van der Waals surface area contributed by atoms with Gasteiger partial charge in [-0.3, -0.25) is 4.79 Å². The van der Waals surface area contributed by atoms with Gasteiger partial charge in [0.25, 0.3) is 0 Å². The Hall–Kier alpha value is -0.870. The van der Waals surface area contributed by atoms with Crippen LogP contribution >= 0.6 is 11.3 Å². The molecule has 1 aromatic heterocycles. The molecule has 0 spiro atoms. The summed E-state index contributed by atoms with van der Waals surface area (Å²) in [6, 6.07) is 2.09. The summed E-state index contributed by atoms with van der Waals surface area (Å²) in [5.41, 5.74) is 1.27. The number of thiophene rings is 1. The number of ether oxygens (including phenoxy) is 1. The third kappa shape index (κ3) is 3.54. The maximum Gasteiger partial charge on any atom is 0.222 e. The Morgan fingerprint density at radius 3 is 2.88 bits per heavy atom. The van der Waals surface area contributed by atoms with Crippen LogP contribution in [0.4, 0.5) is 0 Å². The molecule has 0 aliphatic carbocycles. The van der Waals surface area contributed by atoms with Gasteiger partial charge < -0.3 is 9.64 Å². The molecule has 2 heterocycles. The van der Waals surface area contributed by atoms with E-state index in [1.165, 1.54) is 5.56 Å². The predicted octanol–water partition coefficient (Wildman–Crippen LogP) is 2.32. The molecule has 1 fully saturated rings. The summed E-state index contributed by atoms with van der Waals surface area (Å²) in [6.07, 6.45) is 3.79. The number of likely N-dealkylation sites (tertiary alicyclic amines) is 1. The number of carbonyl (C=O) groups excluding carboxylic acids is 1. The molecule has 0 saturated carbocycles. The van der Waals surface area contributed by atoms with Crippen molar-refractivity contribution in [1.82, 2.24) is 4.90 Å². The van der Waals surface area contributed by atoms with E-state index in [1.54, 1.807) is 18.4 Å². The van der Waals surface area contributed by atoms with Crippen LogP contribution in [0.25, 0.3) is 0 Å². The van der Waals surface area contributed by atoms with E-state index in [1.807, 2.05) is 4.90 Å². The Bertz CT molecular complexity index is 342. The zero-order valence-electron chi connectivity index (χ0n) is 10.2. The van der Waals surface area contributed by atoms with Crippen LogP contribution in [0.3, 0.4) is 0 Å². The molecule has 17 heavy (non-hydrogen) atoms. The van der Waals surface area contributed by atoms with Crippen molar-refractivity contribution in [3.05, 3.63) is 22.4 Å². The average Bonchev–Trinajstić information content (AvgIpc) is 2.89. The van der Waals surface area contributed by atoms with Crippen LogP contribution in [0, 0.1) is 0 Å². The fraction of sp³-hybridized carbons (Fsp3) is 0.615. The molecule has 0 unspecified atom stereocenters. The maximum atomic E-state index is 12.0. The average molecular weight is 253 g/mol. The minimum atomic E-state index is 0.283. The third-order valence-electron chi connectivity index (χ3n) is 3.34. The molecule has 0 radical (unpaired) electrons. The van der Waals surface area contributed by atoms with E-state index in [-0.39, 0.29) is 5.91 Å². The van der Waals surface area contributed by atoms with Crippen molar-refractivity contribution in [2.75, 3.05) is 20.2 Å². The van der Waals surface area contributed by atoms with Gasteiger partial charge in [0.15, 0.2) is 0 Å². The molecule has 1 aromatic rings. The fourth-order valence-corrected chi connectivity index (χ4v) is 2.89. The summed E-state index contributed by atoms with van der Waals surface area (Å²) < 4.78 is 5.30. The number of methoxy groups -OCH3 is 1. The summed E-state index contributed by atoms with van der Waals surface area (Å²) >= 11 is 1.69. The molecule has 0 aromatic carbocycles. The van der Waals surface area contributed by atoms with Crippen molar-refractivity contribution in [1.29, 1.82) is 0 Å². The Kier molecular flexibility index (Phi) is 4.57. The first-order valence-electron chi connectivity index (χ1n) is 6.11. The van der Waals surface area contributed by atoms with Crippen LogP contribution in [0.15, 0.2) is 16.8 Å². The van der Waals surface area contributed by atoms with E-state index in [0.717, 1.165) is 32.4 Å². The highest BCUT2D eigenvalue weighted by Crippen LogP contribution is 2.15. The normalized spacial score (nSPS) is 17.4. The van der Waals surface area contributed by atoms with Crippen LogP contribution in [0.5, 0.6) is 0 Å². The van der Waals surface area contributed by atoms with Crippen molar-refractivity contribution in [3.8, 4) is 0 Å². The molecule has 0 atom stereocenters. The lowest BCUT2D eigenvalue weighted by Gasteiger charge is -2.31. The number of amides is 1. The second-order valence-electron chi connectivity index (χ2n) is 4.45. The van der Waals surface area contributed by atoms with Gasteiger partial charge in [-0.05, 0) is 41.7 Å². The van der Waals surface area contributed by atoms with Crippen molar-refractivity contribution in [2.45, 2.75) is 31.8 Å². The number of nitrogens with zero attached hydrogens (tertiary/aromatic N) is 1.